The van der Waals surface area contributed by atoms with Crippen molar-refractivity contribution in [3.8, 4) is 0 Å². The molecule has 3 N–H and O–H groups in total. The molecule has 0 radical (unpaired) electrons. The number of hydrogen-bond donors (Lipinski definition) is 3. The Balaban J connectivity index is 1.84. The summed E-state index contributed by atoms with van der Waals surface area (Å²) in [6, 6.07) is 1.79. The van der Waals surface area contributed by atoms with Gasteiger partial charge in [-0.25, -0.2) is 17.8 Å². The van der Waals surface area contributed by atoms with Gasteiger partial charge in [0.05, 0.1) is 16.8 Å². The van der Waals surface area contributed by atoms with Crippen molar-refractivity contribution >= 4 is 50.3 Å². The van der Waals surface area contributed by atoms with Crippen molar-refractivity contribution in [2.75, 3.05) is 37.2 Å². The standard InChI is InChI=1S/C20H27ClFN5O4S2/c1-23-6-8-27(2)19-15(4-3-5-17(19)31-12-28)25-16-11-14(22)18(10-13(16)21)33(29,30)26-20-24-7-9-32-20/h7,9-12,15,17,19,23,25H,3-6,8H2,1-2H3,(H,24,26)/t15-,17?,19+/m0/s1. The molecule has 3 rings (SSSR count). The van der Waals surface area contributed by atoms with Gasteiger partial charge in [0, 0.05) is 30.7 Å². The maximum absolute atomic E-state index is 14.9. The number of nitrogens with one attached hydrogen (secondary N) is 3. The van der Waals surface area contributed by atoms with Crippen molar-refractivity contribution in [3.63, 3.8) is 0 Å². The average Bonchev–Trinajstić information content (AvgIpc) is 3.27. The number of anilines is 2. The predicted octanol–water partition coefficient (Wildman–Crippen LogP) is 2.76. The van der Waals surface area contributed by atoms with E-state index >= 15 is 0 Å². The summed E-state index contributed by atoms with van der Waals surface area (Å²) in [5.41, 5.74) is 0.270. The van der Waals surface area contributed by atoms with E-state index in [1.807, 2.05) is 14.1 Å². The van der Waals surface area contributed by atoms with Gasteiger partial charge >= 0.3 is 0 Å². The monoisotopic (exact) mass is 519 g/mol. The Hall–Kier alpha value is -1.99. The van der Waals surface area contributed by atoms with Crippen LogP contribution in [0.25, 0.3) is 0 Å². The van der Waals surface area contributed by atoms with Gasteiger partial charge in [-0.2, -0.15) is 0 Å². The molecule has 0 amide bonds. The molecule has 1 aliphatic rings. The van der Waals surface area contributed by atoms with Gasteiger partial charge in [-0.15, -0.1) is 11.3 Å². The number of thiazole rings is 1. The zero-order valence-electron chi connectivity index (χ0n) is 18.3. The van der Waals surface area contributed by atoms with Crippen LogP contribution < -0.4 is 15.4 Å². The molecule has 3 atom stereocenters. The second kappa shape index (κ2) is 11.4. The predicted molar refractivity (Wildman–Crippen MR) is 127 cm³/mol. The number of benzene rings is 1. The molecular formula is C20H27ClFN5O4S2. The van der Waals surface area contributed by atoms with E-state index in [0.717, 1.165) is 42.9 Å². The van der Waals surface area contributed by atoms with Crippen LogP contribution in [0.15, 0.2) is 28.6 Å². The van der Waals surface area contributed by atoms with E-state index in [0.29, 0.717) is 19.4 Å². The Morgan fingerprint density at radius 1 is 1.39 bits per heavy atom. The highest BCUT2D eigenvalue weighted by atomic mass is 35.5. The summed E-state index contributed by atoms with van der Waals surface area (Å²) in [5.74, 6) is -0.942. The first kappa shape index (κ1) is 25.6. The molecule has 9 nitrogen and oxygen atoms in total. The summed E-state index contributed by atoms with van der Waals surface area (Å²) in [7, 11) is -0.412. The molecule has 33 heavy (non-hydrogen) atoms. The Morgan fingerprint density at radius 3 is 2.85 bits per heavy atom. The number of halogens is 2. The minimum absolute atomic E-state index is 0.0611. The number of hydrogen-bond acceptors (Lipinski definition) is 9. The summed E-state index contributed by atoms with van der Waals surface area (Å²) in [6.07, 6.45) is 3.37. The van der Waals surface area contributed by atoms with Crippen molar-refractivity contribution < 1.29 is 22.3 Å². The Bertz CT molecular complexity index is 1040. The van der Waals surface area contributed by atoms with E-state index in [4.69, 9.17) is 16.3 Å². The van der Waals surface area contributed by atoms with Crippen LogP contribution in [-0.2, 0) is 19.6 Å². The molecule has 182 valence electrons. The number of nitrogens with zero attached hydrogens (tertiary/aromatic N) is 2. The highest BCUT2D eigenvalue weighted by molar-refractivity contribution is 7.93. The van der Waals surface area contributed by atoms with Gasteiger partial charge in [0.15, 0.2) is 5.13 Å². The maximum Gasteiger partial charge on any atom is 0.293 e. The lowest BCUT2D eigenvalue weighted by atomic mass is 9.86. The first-order valence-corrected chi connectivity index (χ1v) is 13.1. The second-order valence-electron chi connectivity index (χ2n) is 7.73. The number of sulfonamides is 1. The van der Waals surface area contributed by atoms with Crippen molar-refractivity contribution in [1.29, 1.82) is 0 Å². The third kappa shape index (κ3) is 6.33. The third-order valence-electron chi connectivity index (χ3n) is 5.56. The third-order valence-corrected chi connectivity index (χ3v) is 8.04. The molecule has 0 aliphatic heterocycles. The average molecular weight is 520 g/mol. The lowest BCUT2D eigenvalue weighted by molar-refractivity contribution is -0.138. The minimum Gasteiger partial charge on any atom is -0.463 e. The Kier molecular flexibility index (Phi) is 8.88. The molecule has 1 aromatic heterocycles. The van der Waals surface area contributed by atoms with Crippen LogP contribution in [0, 0.1) is 5.82 Å². The number of carbonyl (C=O) groups excluding carboxylic acids is 1. The fourth-order valence-corrected chi connectivity index (χ4v) is 6.19. The molecule has 1 heterocycles. The number of rotatable bonds is 11. The highest BCUT2D eigenvalue weighted by Gasteiger charge is 2.37. The summed E-state index contributed by atoms with van der Waals surface area (Å²) in [6.45, 7) is 1.90. The minimum atomic E-state index is -4.20. The van der Waals surface area contributed by atoms with Crippen molar-refractivity contribution in [2.45, 2.75) is 42.3 Å². The number of likely N-dealkylation sites (N-methyl/N-ethyl adjacent to an activating group) is 2. The molecule has 1 saturated carbocycles. The van der Waals surface area contributed by atoms with Gasteiger partial charge in [-0.05, 0) is 45.5 Å². The number of ether oxygens (including phenoxy) is 1. The van der Waals surface area contributed by atoms with Gasteiger partial charge < -0.3 is 15.4 Å². The summed E-state index contributed by atoms with van der Waals surface area (Å²) < 4.78 is 47.7. The molecule has 1 fully saturated rings. The maximum atomic E-state index is 14.9. The SMILES string of the molecule is CNCCN(C)[C@H]1C(OC=O)CCC[C@@H]1Nc1cc(F)c(S(=O)(=O)Nc2nccs2)cc1Cl. The fraction of sp³-hybridized carbons (Fsp3) is 0.500. The van der Waals surface area contributed by atoms with E-state index in [1.165, 1.54) is 6.20 Å². The number of carbonyl (C=O) groups is 1. The fourth-order valence-electron chi connectivity index (χ4n) is 4.03. The molecular weight excluding hydrogens is 493 g/mol. The van der Waals surface area contributed by atoms with Crippen LogP contribution in [0.1, 0.15) is 19.3 Å². The van der Waals surface area contributed by atoms with Gasteiger partial charge in [0.1, 0.15) is 16.8 Å². The van der Waals surface area contributed by atoms with Crippen LogP contribution in [0.4, 0.5) is 15.2 Å². The van der Waals surface area contributed by atoms with Crippen LogP contribution >= 0.6 is 22.9 Å². The van der Waals surface area contributed by atoms with Crippen LogP contribution in [0.3, 0.4) is 0 Å². The highest BCUT2D eigenvalue weighted by Crippen LogP contribution is 2.33. The molecule has 0 spiro atoms. The van der Waals surface area contributed by atoms with Crippen molar-refractivity contribution in [1.82, 2.24) is 15.2 Å². The zero-order valence-corrected chi connectivity index (χ0v) is 20.6. The van der Waals surface area contributed by atoms with Crippen LogP contribution in [0.2, 0.25) is 5.02 Å². The van der Waals surface area contributed by atoms with Crippen molar-refractivity contribution in [3.05, 3.63) is 34.5 Å². The smallest absolute Gasteiger partial charge is 0.293 e. The molecule has 1 aromatic carbocycles. The van der Waals surface area contributed by atoms with Gasteiger partial charge in [-0.3, -0.25) is 14.4 Å². The second-order valence-corrected chi connectivity index (χ2v) is 10.7. The Morgan fingerprint density at radius 2 is 2.18 bits per heavy atom. The lowest BCUT2D eigenvalue weighted by Crippen LogP contribution is -2.56. The largest absolute Gasteiger partial charge is 0.463 e. The Labute approximate surface area is 201 Å². The summed E-state index contributed by atoms with van der Waals surface area (Å²) in [5, 5.41) is 8.14. The topological polar surface area (TPSA) is 113 Å². The quantitative estimate of drug-likeness (QED) is 0.388. The summed E-state index contributed by atoms with van der Waals surface area (Å²) >= 11 is 7.45. The van der Waals surface area contributed by atoms with E-state index in [-0.39, 0.29) is 34.0 Å². The van der Waals surface area contributed by atoms with Crippen molar-refractivity contribution in [2.24, 2.45) is 0 Å². The molecule has 1 aliphatic carbocycles. The normalized spacial score (nSPS) is 21.1. The zero-order chi connectivity index (χ0) is 24.0. The molecule has 0 bridgehead atoms. The first-order chi connectivity index (χ1) is 15.8. The first-order valence-electron chi connectivity index (χ1n) is 10.4. The van der Waals surface area contributed by atoms with Gasteiger partial charge in [0.25, 0.3) is 16.5 Å². The molecule has 0 saturated heterocycles. The summed E-state index contributed by atoms with van der Waals surface area (Å²) in [4.78, 5) is 16.4. The molecule has 13 heteroatoms. The van der Waals surface area contributed by atoms with E-state index < -0.39 is 20.7 Å². The van der Waals surface area contributed by atoms with Crippen LogP contribution in [0.5, 0.6) is 0 Å². The van der Waals surface area contributed by atoms with E-state index in [2.05, 4.69) is 25.2 Å². The van der Waals surface area contributed by atoms with Gasteiger partial charge in [-0.1, -0.05) is 11.6 Å². The molecule has 1 unspecified atom stereocenters. The van der Waals surface area contributed by atoms with E-state index in [1.54, 1.807) is 5.38 Å². The van der Waals surface area contributed by atoms with Crippen LogP contribution in [-0.4, -0.2) is 70.1 Å². The number of aromatic nitrogens is 1. The molecule has 2 aromatic rings. The lowest BCUT2D eigenvalue weighted by Gasteiger charge is -2.43. The van der Waals surface area contributed by atoms with E-state index in [9.17, 15) is 17.6 Å². The van der Waals surface area contributed by atoms with Gasteiger partial charge in [0.2, 0.25) is 0 Å².